The number of aromatic nitrogens is 4. The predicted molar refractivity (Wildman–Crippen MR) is 142 cm³/mol. The van der Waals surface area contributed by atoms with E-state index in [4.69, 9.17) is 14.2 Å². The summed E-state index contributed by atoms with van der Waals surface area (Å²) in [7, 11) is 4.69. The molecule has 38 heavy (non-hydrogen) atoms. The molecule has 0 fully saturated rings. The summed E-state index contributed by atoms with van der Waals surface area (Å²) in [5, 5.41) is 15.6. The van der Waals surface area contributed by atoms with Gasteiger partial charge in [-0.1, -0.05) is 19.1 Å². The van der Waals surface area contributed by atoms with Gasteiger partial charge >= 0.3 is 0 Å². The first-order valence-corrected chi connectivity index (χ1v) is 12.3. The summed E-state index contributed by atoms with van der Waals surface area (Å²) in [5.41, 5.74) is 1.08. The van der Waals surface area contributed by atoms with E-state index in [1.165, 1.54) is 4.80 Å². The van der Waals surface area contributed by atoms with E-state index < -0.39 is 11.6 Å². The Kier molecular flexibility index (Phi) is 9.27. The summed E-state index contributed by atoms with van der Waals surface area (Å²) >= 11 is 0. The van der Waals surface area contributed by atoms with Crippen molar-refractivity contribution in [2.75, 3.05) is 21.3 Å². The number of ether oxygens (including phenoxy) is 3. The third-order valence-corrected chi connectivity index (χ3v) is 5.77. The SMILES string of the molecule is CC[C@@H](C(=O)NC(C)(C)C)N(Cc1ccc(OC)cc1)C(=O)Cn1nnc(-c2ccc(OC)c(OC)c2)n1. The first-order valence-electron chi connectivity index (χ1n) is 12.3. The van der Waals surface area contributed by atoms with E-state index in [9.17, 15) is 9.59 Å². The van der Waals surface area contributed by atoms with Crippen LogP contribution in [0, 0.1) is 0 Å². The first-order chi connectivity index (χ1) is 18.1. The van der Waals surface area contributed by atoms with Gasteiger partial charge in [0.1, 0.15) is 18.3 Å². The number of carbonyl (C=O) groups excluding carboxylic acids is 2. The standard InChI is InChI=1S/C27H36N6O5/c1-8-21(26(35)28-27(2,3)4)32(16-18-9-12-20(36-5)13-10-18)24(34)17-33-30-25(29-31-33)19-11-14-22(37-6)23(15-19)38-7/h9-15,21H,8,16-17H2,1-7H3,(H,28,35)/t21-/m0/s1. The van der Waals surface area contributed by atoms with Crippen molar-refractivity contribution in [2.24, 2.45) is 0 Å². The molecule has 3 rings (SSSR count). The van der Waals surface area contributed by atoms with Crippen LogP contribution in [-0.2, 0) is 22.7 Å². The van der Waals surface area contributed by atoms with Crippen molar-refractivity contribution in [3.05, 3.63) is 48.0 Å². The second-order valence-electron chi connectivity index (χ2n) is 9.75. The molecule has 11 nitrogen and oxygen atoms in total. The molecule has 11 heteroatoms. The van der Waals surface area contributed by atoms with Crippen LogP contribution >= 0.6 is 0 Å². The van der Waals surface area contributed by atoms with Crippen molar-refractivity contribution in [3.8, 4) is 28.6 Å². The number of rotatable bonds is 11. The van der Waals surface area contributed by atoms with Gasteiger partial charge in [0, 0.05) is 17.6 Å². The summed E-state index contributed by atoms with van der Waals surface area (Å²) in [6.07, 6.45) is 0.436. The minimum absolute atomic E-state index is 0.185. The van der Waals surface area contributed by atoms with Crippen molar-refractivity contribution in [3.63, 3.8) is 0 Å². The van der Waals surface area contributed by atoms with Crippen LogP contribution in [0.3, 0.4) is 0 Å². The number of benzene rings is 2. The topological polar surface area (TPSA) is 121 Å². The third kappa shape index (κ3) is 7.21. The number of amides is 2. The summed E-state index contributed by atoms with van der Waals surface area (Å²) in [4.78, 5) is 29.6. The van der Waals surface area contributed by atoms with Gasteiger partial charge in [0.25, 0.3) is 0 Å². The molecule has 0 aliphatic carbocycles. The van der Waals surface area contributed by atoms with E-state index in [0.29, 0.717) is 35.1 Å². The van der Waals surface area contributed by atoms with Crippen LogP contribution in [0.15, 0.2) is 42.5 Å². The highest BCUT2D eigenvalue weighted by Crippen LogP contribution is 2.30. The molecule has 2 aromatic carbocycles. The fourth-order valence-electron chi connectivity index (χ4n) is 3.91. The van der Waals surface area contributed by atoms with Crippen LogP contribution in [-0.4, -0.2) is 69.8 Å². The molecule has 0 spiro atoms. The Morgan fingerprint density at radius 1 is 1.00 bits per heavy atom. The molecule has 0 radical (unpaired) electrons. The van der Waals surface area contributed by atoms with Crippen LogP contribution in [0.1, 0.15) is 39.7 Å². The van der Waals surface area contributed by atoms with Crippen LogP contribution in [0.4, 0.5) is 0 Å². The lowest BCUT2D eigenvalue weighted by atomic mass is 10.1. The number of hydrogen-bond donors (Lipinski definition) is 1. The number of nitrogens with zero attached hydrogens (tertiary/aromatic N) is 5. The van der Waals surface area contributed by atoms with Crippen LogP contribution in [0.5, 0.6) is 17.2 Å². The summed E-state index contributed by atoms with van der Waals surface area (Å²) in [6, 6.07) is 12.0. The lowest BCUT2D eigenvalue weighted by Gasteiger charge is -2.33. The van der Waals surface area contributed by atoms with E-state index in [0.717, 1.165) is 5.56 Å². The fraction of sp³-hybridized carbons (Fsp3) is 0.444. The zero-order valence-corrected chi connectivity index (χ0v) is 23.0. The molecule has 1 heterocycles. The second kappa shape index (κ2) is 12.4. The zero-order chi connectivity index (χ0) is 27.9. The number of nitrogens with one attached hydrogen (secondary N) is 1. The highest BCUT2D eigenvalue weighted by Gasteiger charge is 2.31. The maximum Gasteiger partial charge on any atom is 0.247 e. The van der Waals surface area contributed by atoms with Gasteiger partial charge in [-0.15, -0.1) is 10.2 Å². The lowest BCUT2D eigenvalue weighted by molar-refractivity contribution is -0.142. The lowest BCUT2D eigenvalue weighted by Crippen LogP contribution is -2.54. The van der Waals surface area contributed by atoms with E-state index in [1.54, 1.807) is 44.4 Å². The number of hydrogen-bond acceptors (Lipinski definition) is 8. The van der Waals surface area contributed by atoms with Gasteiger partial charge in [0.2, 0.25) is 17.6 Å². The third-order valence-electron chi connectivity index (χ3n) is 5.77. The molecule has 204 valence electrons. The van der Waals surface area contributed by atoms with Crippen LogP contribution < -0.4 is 19.5 Å². The molecule has 2 amide bonds. The van der Waals surface area contributed by atoms with E-state index in [1.807, 2.05) is 52.0 Å². The smallest absolute Gasteiger partial charge is 0.247 e. The van der Waals surface area contributed by atoms with Crippen molar-refractivity contribution >= 4 is 11.8 Å². The molecule has 1 N–H and O–H groups in total. The van der Waals surface area contributed by atoms with Crippen molar-refractivity contribution in [2.45, 2.75) is 58.8 Å². The number of carbonyl (C=O) groups is 2. The summed E-state index contributed by atoms with van der Waals surface area (Å²) in [6.45, 7) is 7.64. The Morgan fingerprint density at radius 2 is 1.68 bits per heavy atom. The van der Waals surface area contributed by atoms with E-state index >= 15 is 0 Å². The summed E-state index contributed by atoms with van der Waals surface area (Å²) < 4.78 is 15.9. The first kappa shape index (κ1) is 28.4. The van der Waals surface area contributed by atoms with Gasteiger partial charge in [-0.05, 0) is 68.3 Å². The molecule has 0 saturated heterocycles. The largest absolute Gasteiger partial charge is 0.497 e. The highest BCUT2D eigenvalue weighted by atomic mass is 16.5. The van der Waals surface area contributed by atoms with E-state index in [-0.39, 0.29) is 24.9 Å². The zero-order valence-electron chi connectivity index (χ0n) is 23.0. The Morgan fingerprint density at radius 3 is 2.26 bits per heavy atom. The minimum atomic E-state index is -0.683. The molecule has 0 unspecified atom stereocenters. The van der Waals surface area contributed by atoms with Crippen molar-refractivity contribution in [1.29, 1.82) is 0 Å². The monoisotopic (exact) mass is 524 g/mol. The highest BCUT2D eigenvalue weighted by molar-refractivity contribution is 5.88. The number of methoxy groups -OCH3 is 3. The average Bonchev–Trinajstić information content (AvgIpc) is 3.35. The quantitative estimate of drug-likeness (QED) is 0.406. The minimum Gasteiger partial charge on any atom is -0.497 e. The van der Waals surface area contributed by atoms with Gasteiger partial charge in [-0.3, -0.25) is 9.59 Å². The van der Waals surface area contributed by atoms with Crippen molar-refractivity contribution < 1.29 is 23.8 Å². The molecular weight excluding hydrogens is 488 g/mol. The normalized spacial score (nSPS) is 12.0. The van der Waals surface area contributed by atoms with Gasteiger partial charge in [-0.2, -0.15) is 4.80 Å². The Balaban J connectivity index is 1.86. The van der Waals surface area contributed by atoms with E-state index in [2.05, 4.69) is 20.7 Å². The number of tetrazole rings is 1. The van der Waals surface area contributed by atoms with Gasteiger partial charge in [-0.25, -0.2) is 0 Å². The maximum atomic E-state index is 13.6. The van der Waals surface area contributed by atoms with Gasteiger partial charge in [0.15, 0.2) is 11.5 Å². The average molecular weight is 525 g/mol. The van der Waals surface area contributed by atoms with Gasteiger partial charge < -0.3 is 24.4 Å². The molecule has 1 atom stereocenters. The Labute approximate surface area is 223 Å². The van der Waals surface area contributed by atoms with Gasteiger partial charge in [0.05, 0.1) is 21.3 Å². The second-order valence-corrected chi connectivity index (χ2v) is 9.75. The van der Waals surface area contributed by atoms with Crippen LogP contribution in [0.25, 0.3) is 11.4 Å². The molecular formula is C27H36N6O5. The molecule has 1 aromatic heterocycles. The Hall–Kier alpha value is -4.15. The molecule has 0 aliphatic heterocycles. The predicted octanol–water partition coefficient (Wildman–Crippen LogP) is 3.09. The van der Waals surface area contributed by atoms with Crippen LogP contribution in [0.2, 0.25) is 0 Å². The molecule has 0 saturated carbocycles. The summed E-state index contributed by atoms with van der Waals surface area (Å²) in [5.74, 6) is 1.61. The fourth-order valence-corrected chi connectivity index (χ4v) is 3.91. The van der Waals surface area contributed by atoms with Crippen molar-refractivity contribution in [1.82, 2.24) is 30.4 Å². The molecule has 3 aromatic rings. The molecule has 0 bridgehead atoms. The Bertz CT molecular complexity index is 1240. The maximum absolute atomic E-state index is 13.6. The molecule has 0 aliphatic rings.